The first kappa shape index (κ1) is 7.43. The molecule has 0 aliphatic rings. The fourth-order valence-electron chi connectivity index (χ4n) is 0.603. The number of aromatic nitrogens is 2. The zero-order chi connectivity index (χ0) is 7.56. The van der Waals surface area contributed by atoms with Gasteiger partial charge in [-0.3, -0.25) is 0 Å². The Morgan fingerprint density at radius 2 is 2.60 bits per heavy atom. The van der Waals surface area contributed by atoms with Gasteiger partial charge in [-0.15, -0.1) is 0 Å². The average molecular weight is 160 g/mol. The van der Waals surface area contributed by atoms with Crippen molar-refractivity contribution in [3.8, 4) is 0 Å². The smallest absolute Gasteiger partial charge is 0.207 e. The van der Waals surface area contributed by atoms with E-state index in [4.69, 9.17) is 4.55 Å². The van der Waals surface area contributed by atoms with Gasteiger partial charge in [-0.25, -0.2) is 9.19 Å². The topological polar surface area (TPSA) is 55.1 Å². The molecular formula is C5H8N2O2S. The highest BCUT2D eigenvalue weighted by molar-refractivity contribution is 7.79. The van der Waals surface area contributed by atoms with Gasteiger partial charge in [0.05, 0.1) is 6.33 Å². The molecule has 0 aliphatic carbocycles. The van der Waals surface area contributed by atoms with Gasteiger partial charge in [0, 0.05) is 12.7 Å². The molecule has 56 valence electrons. The van der Waals surface area contributed by atoms with E-state index in [9.17, 15) is 4.21 Å². The maximum Gasteiger partial charge on any atom is 0.207 e. The van der Waals surface area contributed by atoms with Crippen LogP contribution in [0.1, 0.15) is 6.92 Å². The first-order chi connectivity index (χ1) is 4.74. The molecule has 1 unspecified atom stereocenters. The lowest BCUT2D eigenvalue weighted by Crippen LogP contribution is -1.89. The molecule has 1 atom stereocenters. The van der Waals surface area contributed by atoms with Gasteiger partial charge in [0.1, 0.15) is 0 Å². The molecule has 4 nitrogen and oxygen atoms in total. The summed E-state index contributed by atoms with van der Waals surface area (Å²) in [7, 11) is 0. The largest absolute Gasteiger partial charge is 0.336 e. The lowest BCUT2D eigenvalue weighted by Gasteiger charge is -1.89. The van der Waals surface area contributed by atoms with E-state index < -0.39 is 11.1 Å². The Morgan fingerprint density at radius 3 is 2.90 bits per heavy atom. The third-order valence-electron chi connectivity index (χ3n) is 1.15. The lowest BCUT2D eigenvalue weighted by atomic mass is 10.7. The molecule has 0 bridgehead atoms. The Balaban J connectivity index is 2.88. The van der Waals surface area contributed by atoms with Gasteiger partial charge in [-0.05, 0) is 6.92 Å². The minimum Gasteiger partial charge on any atom is -0.336 e. The molecule has 0 radical (unpaired) electrons. The molecule has 0 amide bonds. The maximum atomic E-state index is 10.4. The number of rotatable bonds is 2. The van der Waals surface area contributed by atoms with Crippen molar-refractivity contribution >= 4 is 11.1 Å². The number of aryl methyl sites for hydroxylation is 1. The van der Waals surface area contributed by atoms with Gasteiger partial charge in [0.25, 0.3) is 0 Å². The third-order valence-corrected chi connectivity index (χ3v) is 1.72. The molecule has 10 heavy (non-hydrogen) atoms. The monoisotopic (exact) mass is 160 g/mol. The highest BCUT2D eigenvalue weighted by Crippen LogP contribution is 1.98. The SMILES string of the molecule is CCn1cnc(S(=O)O)c1. The van der Waals surface area contributed by atoms with Crippen molar-refractivity contribution in [3.63, 3.8) is 0 Å². The van der Waals surface area contributed by atoms with E-state index in [1.165, 1.54) is 6.33 Å². The summed E-state index contributed by atoms with van der Waals surface area (Å²) in [4.78, 5) is 3.70. The van der Waals surface area contributed by atoms with Crippen LogP contribution in [0.2, 0.25) is 0 Å². The van der Waals surface area contributed by atoms with Crippen molar-refractivity contribution in [2.24, 2.45) is 0 Å². The Kier molecular flexibility index (Phi) is 2.18. The molecule has 1 rings (SSSR count). The van der Waals surface area contributed by atoms with Gasteiger partial charge in [-0.1, -0.05) is 0 Å². The van der Waals surface area contributed by atoms with Crippen molar-refractivity contribution < 1.29 is 8.76 Å². The first-order valence-corrected chi connectivity index (χ1v) is 3.97. The van der Waals surface area contributed by atoms with Crippen LogP contribution in [0.3, 0.4) is 0 Å². The van der Waals surface area contributed by atoms with Gasteiger partial charge in [0.2, 0.25) is 11.1 Å². The number of imidazole rings is 1. The van der Waals surface area contributed by atoms with Crippen LogP contribution in [0, 0.1) is 0 Å². The molecular weight excluding hydrogens is 152 g/mol. The summed E-state index contributed by atoms with van der Waals surface area (Å²) in [6, 6.07) is 0. The van der Waals surface area contributed by atoms with Crippen LogP contribution in [0.15, 0.2) is 17.6 Å². The Labute approximate surface area is 61.2 Å². The molecule has 0 fully saturated rings. The van der Waals surface area contributed by atoms with Crippen molar-refractivity contribution in [1.82, 2.24) is 9.55 Å². The number of hydrogen-bond acceptors (Lipinski definition) is 2. The van der Waals surface area contributed by atoms with E-state index in [1.54, 1.807) is 10.8 Å². The van der Waals surface area contributed by atoms with Crippen molar-refractivity contribution in [3.05, 3.63) is 12.5 Å². The van der Waals surface area contributed by atoms with E-state index in [2.05, 4.69) is 4.98 Å². The second-order valence-electron chi connectivity index (χ2n) is 1.79. The van der Waals surface area contributed by atoms with E-state index in [0.29, 0.717) is 0 Å². The third kappa shape index (κ3) is 1.43. The Morgan fingerprint density at radius 1 is 1.90 bits per heavy atom. The minimum absolute atomic E-state index is 0.210. The summed E-state index contributed by atoms with van der Waals surface area (Å²) in [5.41, 5.74) is 0. The summed E-state index contributed by atoms with van der Waals surface area (Å²) in [6.07, 6.45) is 3.08. The Hall–Kier alpha value is -0.680. The van der Waals surface area contributed by atoms with Crippen LogP contribution < -0.4 is 0 Å². The zero-order valence-corrected chi connectivity index (χ0v) is 6.34. The van der Waals surface area contributed by atoms with Gasteiger partial charge < -0.3 is 9.12 Å². The second kappa shape index (κ2) is 2.94. The summed E-state index contributed by atoms with van der Waals surface area (Å²) in [5.74, 6) is 0. The van der Waals surface area contributed by atoms with Crippen LogP contribution in [0.4, 0.5) is 0 Å². The number of nitrogens with zero attached hydrogens (tertiary/aromatic N) is 2. The van der Waals surface area contributed by atoms with Crippen LogP contribution in [-0.4, -0.2) is 18.3 Å². The fraction of sp³-hybridized carbons (Fsp3) is 0.400. The summed E-state index contributed by atoms with van der Waals surface area (Å²) in [6.45, 7) is 2.70. The molecule has 0 saturated heterocycles. The predicted octanol–water partition coefficient (Wildman–Crippen LogP) is 0.484. The van der Waals surface area contributed by atoms with E-state index in [1.807, 2.05) is 6.92 Å². The number of hydrogen-bond donors (Lipinski definition) is 1. The molecule has 1 N–H and O–H groups in total. The van der Waals surface area contributed by atoms with Crippen LogP contribution in [0.25, 0.3) is 0 Å². The van der Waals surface area contributed by atoms with Gasteiger partial charge >= 0.3 is 0 Å². The Bertz CT molecular complexity index is 246. The summed E-state index contributed by atoms with van der Waals surface area (Å²) in [5, 5.41) is 0.210. The van der Waals surface area contributed by atoms with Crippen LogP contribution in [0.5, 0.6) is 0 Å². The van der Waals surface area contributed by atoms with Crippen LogP contribution >= 0.6 is 0 Å². The van der Waals surface area contributed by atoms with E-state index in [0.717, 1.165) is 6.54 Å². The van der Waals surface area contributed by atoms with Crippen molar-refractivity contribution in [2.75, 3.05) is 0 Å². The average Bonchev–Trinajstić information content (AvgIpc) is 2.34. The summed E-state index contributed by atoms with van der Waals surface area (Å²) >= 11 is -1.94. The molecule has 5 heteroatoms. The van der Waals surface area contributed by atoms with Crippen molar-refractivity contribution in [2.45, 2.75) is 18.5 Å². The maximum absolute atomic E-state index is 10.4. The standard InChI is InChI=1S/C5H8N2O2S/c1-2-7-3-5(6-4-7)10(8)9/h3-4H,2H2,1H3,(H,8,9). The van der Waals surface area contributed by atoms with Gasteiger partial charge in [-0.2, -0.15) is 0 Å². The van der Waals surface area contributed by atoms with E-state index in [-0.39, 0.29) is 5.03 Å². The molecule has 0 saturated carbocycles. The molecule has 0 aliphatic heterocycles. The molecule has 1 heterocycles. The predicted molar refractivity (Wildman–Crippen MR) is 36.9 cm³/mol. The normalized spacial score (nSPS) is 13.4. The molecule has 0 spiro atoms. The van der Waals surface area contributed by atoms with Gasteiger partial charge in [0.15, 0.2) is 5.03 Å². The van der Waals surface area contributed by atoms with Crippen LogP contribution in [-0.2, 0) is 17.6 Å². The second-order valence-corrected chi connectivity index (χ2v) is 2.71. The summed E-state index contributed by atoms with van der Waals surface area (Å²) < 4.78 is 20.6. The molecule has 0 aromatic carbocycles. The minimum atomic E-state index is -1.94. The fourth-order valence-corrected chi connectivity index (χ4v) is 0.966. The van der Waals surface area contributed by atoms with E-state index >= 15 is 0 Å². The highest BCUT2D eigenvalue weighted by atomic mass is 32.2. The lowest BCUT2D eigenvalue weighted by molar-refractivity contribution is 0.561. The quantitative estimate of drug-likeness (QED) is 0.640. The molecule has 1 aromatic rings. The highest BCUT2D eigenvalue weighted by Gasteiger charge is 2.01. The first-order valence-electron chi connectivity index (χ1n) is 2.86. The zero-order valence-electron chi connectivity index (χ0n) is 5.52. The van der Waals surface area contributed by atoms with Crippen molar-refractivity contribution in [1.29, 1.82) is 0 Å². The molecule has 1 aromatic heterocycles.